The lowest BCUT2D eigenvalue weighted by Crippen LogP contribution is -2.49. The van der Waals surface area contributed by atoms with E-state index in [-0.39, 0.29) is 18.0 Å². The first-order valence-electron chi connectivity index (χ1n) is 9.29. The number of halogens is 1. The number of amides is 1. The van der Waals surface area contributed by atoms with Crippen molar-refractivity contribution < 1.29 is 4.79 Å². The van der Waals surface area contributed by atoms with Gasteiger partial charge < -0.3 is 4.90 Å². The molecule has 0 radical (unpaired) electrons. The lowest BCUT2D eigenvalue weighted by molar-refractivity contribution is -0.133. The average molecular weight is 397 g/mol. The molecule has 144 valence electrons. The molecule has 1 fully saturated rings. The maximum atomic E-state index is 12.7. The number of benzene rings is 2. The van der Waals surface area contributed by atoms with Crippen LogP contribution in [0.5, 0.6) is 0 Å². The molecule has 2 heterocycles. The molecule has 0 unspecified atom stereocenters. The van der Waals surface area contributed by atoms with Gasteiger partial charge in [-0.05, 0) is 29.8 Å². The number of para-hydroxylation sites is 1. The molecule has 0 N–H and O–H groups in total. The zero-order valence-electron chi connectivity index (χ0n) is 15.4. The molecule has 1 aliphatic heterocycles. The van der Waals surface area contributed by atoms with Gasteiger partial charge in [0, 0.05) is 37.7 Å². The third-order valence-corrected chi connectivity index (χ3v) is 5.29. The summed E-state index contributed by atoms with van der Waals surface area (Å²) < 4.78 is 1.39. The molecule has 0 spiro atoms. The van der Waals surface area contributed by atoms with Crippen molar-refractivity contribution in [2.45, 2.75) is 13.1 Å². The predicted molar refractivity (Wildman–Crippen MR) is 109 cm³/mol. The monoisotopic (exact) mass is 396 g/mol. The first-order chi connectivity index (χ1) is 13.6. The van der Waals surface area contributed by atoms with Crippen LogP contribution in [0.25, 0.3) is 10.9 Å². The predicted octanol–water partition coefficient (Wildman–Crippen LogP) is 2.39. The zero-order valence-corrected chi connectivity index (χ0v) is 16.2. The second-order valence-electron chi connectivity index (χ2n) is 6.98. The number of fused-ring (bicyclic) bond motifs is 1. The van der Waals surface area contributed by atoms with E-state index in [2.05, 4.69) is 16.0 Å². The summed E-state index contributed by atoms with van der Waals surface area (Å²) in [7, 11) is 0. The Hall–Kier alpha value is -2.70. The molecule has 1 saturated heterocycles. The van der Waals surface area contributed by atoms with Crippen molar-refractivity contribution in [2.24, 2.45) is 0 Å². The van der Waals surface area contributed by atoms with E-state index in [1.54, 1.807) is 18.2 Å². The second-order valence-corrected chi connectivity index (χ2v) is 7.42. The summed E-state index contributed by atoms with van der Waals surface area (Å²) in [5.74, 6) is -0.0541. The molecule has 2 aromatic carbocycles. The first kappa shape index (κ1) is 18.7. The smallest absolute Gasteiger partial charge is 0.261 e. The second kappa shape index (κ2) is 8.12. The number of hydrogen-bond acceptors (Lipinski definition) is 4. The van der Waals surface area contributed by atoms with Gasteiger partial charge in [-0.15, -0.1) is 0 Å². The van der Waals surface area contributed by atoms with E-state index >= 15 is 0 Å². The normalized spacial score (nSPS) is 15.1. The molecule has 3 aromatic rings. The number of carbonyl (C=O) groups is 1. The van der Waals surface area contributed by atoms with E-state index in [1.807, 2.05) is 29.2 Å². The van der Waals surface area contributed by atoms with Gasteiger partial charge in [0.2, 0.25) is 5.91 Å². The van der Waals surface area contributed by atoms with E-state index < -0.39 is 0 Å². The lowest BCUT2D eigenvalue weighted by Gasteiger charge is -2.34. The first-order valence-corrected chi connectivity index (χ1v) is 9.67. The van der Waals surface area contributed by atoms with Crippen molar-refractivity contribution in [2.75, 3.05) is 26.2 Å². The van der Waals surface area contributed by atoms with Gasteiger partial charge in [-0.2, -0.15) is 0 Å². The Labute approximate surface area is 168 Å². The minimum absolute atomic E-state index is 0.0188. The van der Waals surface area contributed by atoms with Gasteiger partial charge in [-0.3, -0.25) is 19.1 Å². The Morgan fingerprint density at radius 2 is 1.82 bits per heavy atom. The Bertz CT molecular complexity index is 1060. The molecular formula is C21H21ClN4O2. The highest BCUT2D eigenvalue weighted by atomic mass is 35.5. The number of aromatic nitrogens is 2. The van der Waals surface area contributed by atoms with Crippen LogP contribution in [0, 0.1) is 0 Å². The summed E-state index contributed by atoms with van der Waals surface area (Å²) in [6.07, 6.45) is 1.46. The molecule has 28 heavy (non-hydrogen) atoms. The minimum atomic E-state index is -0.182. The summed E-state index contributed by atoms with van der Waals surface area (Å²) in [6, 6.07) is 15.0. The van der Waals surface area contributed by atoms with Gasteiger partial charge in [0.1, 0.15) is 6.54 Å². The van der Waals surface area contributed by atoms with Crippen molar-refractivity contribution in [1.82, 2.24) is 19.4 Å². The molecule has 1 amide bonds. The highest BCUT2D eigenvalue weighted by Gasteiger charge is 2.21. The van der Waals surface area contributed by atoms with E-state index in [0.717, 1.165) is 24.7 Å². The van der Waals surface area contributed by atoms with Gasteiger partial charge in [-0.25, -0.2) is 4.98 Å². The van der Waals surface area contributed by atoms with Gasteiger partial charge in [0.25, 0.3) is 5.56 Å². The van der Waals surface area contributed by atoms with Gasteiger partial charge >= 0.3 is 0 Å². The number of nitrogens with zero attached hydrogens (tertiary/aromatic N) is 4. The van der Waals surface area contributed by atoms with E-state index in [1.165, 1.54) is 16.5 Å². The van der Waals surface area contributed by atoms with Crippen molar-refractivity contribution in [3.05, 3.63) is 75.8 Å². The van der Waals surface area contributed by atoms with Crippen LogP contribution < -0.4 is 5.56 Å². The Morgan fingerprint density at radius 1 is 1.04 bits per heavy atom. The number of piperazine rings is 1. The summed E-state index contributed by atoms with van der Waals surface area (Å²) in [5.41, 5.74) is 1.63. The van der Waals surface area contributed by atoms with Crippen molar-refractivity contribution in [3.63, 3.8) is 0 Å². The maximum absolute atomic E-state index is 12.7. The summed E-state index contributed by atoms with van der Waals surface area (Å²) in [5, 5.41) is 1.27. The van der Waals surface area contributed by atoms with Crippen LogP contribution >= 0.6 is 11.6 Å². The standard InChI is InChI=1S/C21H21ClN4O2/c22-17-5-3-4-16(12-17)13-24-8-10-25(11-9-24)20(27)14-26-15-23-19-7-2-1-6-18(19)21(26)28/h1-7,12,15H,8-11,13-14H2. The lowest BCUT2D eigenvalue weighted by atomic mass is 10.2. The number of hydrogen-bond donors (Lipinski definition) is 0. The zero-order chi connectivity index (χ0) is 19.5. The van der Waals surface area contributed by atoms with Crippen molar-refractivity contribution in [1.29, 1.82) is 0 Å². The quantitative estimate of drug-likeness (QED) is 0.679. The molecule has 0 atom stereocenters. The molecule has 1 aliphatic rings. The van der Waals surface area contributed by atoms with Crippen LogP contribution in [0.2, 0.25) is 5.02 Å². The molecule has 7 heteroatoms. The average Bonchev–Trinajstić information content (AvgIpc) is 2.71. The summed E-state index contributed by atoms with van der Waals surface area (Å²) >= 11 is 6.05. The van der Waals surface area contributed by atoms with Crippen molar-refractivity contribution in [3.8, 4) is 0 Å². The third kappa shape index (κ3) is 4.08. The molecular weight excluding hydrogens is 376 g/mol. The molecule has 6 nitrogen and oxygen atoms in total. The molecule has 4 rings (SSSR count). The molecule has 1 aromatic heterocycles. The number of rotatable bonds is 4. The van der Waals surface area contributed by atoms with Gasteiger partial charge in [0.15, 0.2) is 0 Å². The molecule has 0 bridgehead atoms. The molecule has 0 aliphatic carbocycles. The fourth-order valence-electron chi connectivity index (χ4n) is 3.51. The van der Waals surface area contributed by atoms with Crippen molar-refractivity contribution >= 4 is 28.4 Å². The van der Waals surface area contributed by atoms with Crippen LogP contribution in [0.15, 0.2) is 59.7 Å². The number of carbonyl (C=O) groups excluding carboxylic acids is 1. The highest BCUT2D eigenvalue weighted by Crippen LogP contribution is 2.14. The Kier molecular flexibility index (Phi) is 5.41. The highest BCUT2D eigenvalue weighted by molar-refractivity contribution is 6.30. The Balaban J connectivity index is 1.37. The Morgan fingerprint density at radius 3 is 2.61 bits per heavy atom. The van der Waals surface area contributed by atoms with E-state index in [4.69, 9.17) is 11.6 Å². The van der Waals surface area contributed by atoms with Crippen LogP contribution in [0.3, 0.4) is 0 Å². The summed E-state index contributed by atoms with van der Waals surface area (Å²) in [4.78, 5) is 33.6. The third-order valence-electron chi connectivity index (χ3n) is 5.06. The summed E-state index contributed by atoms with van der Waals surface area (Å²) in [6.45, 7) is 3.72. The fraction of sp³-hybridized carbons (Fsp3) is 0.286. The van der Waals surface area contributed by atoms with Crippen LogP contribution in [-0.4, -0.2) is 51.4 Å². The van der Waals surface area contributed by atoms with Gasteiger partial charge in [-0.1, -0.05) is 35.9 Å². The minimum Gasteiger partial charge on any atom is -0.339 e. The topological polar surface area (TPSA) is 58.4 Å². The van der Waals surface area contributed by atoms with E-state index in [9.17, 15) is 9.59 Å². The van der Waals surface area contributed by atoms with Gasteiger partial charge in [0.05, 0.1) is 17.2 Å². The molecule has 0 saturated carbocycles. The maximum Gasteiger partial charge on any atom is 0.261 e. The fourth-order valence-corrected chi connectivity index (χ4v) is 3.73. The van der Waals surface area contributed by atoms with Crippen LogP contribution in [0.4, 0.5) is 0 Å². The van der Waals surface area contributed by atoms with Crippen LogP contribution in [0.1, 0.15) is 5.56 Å². The SMILES string of the molecule is O=C(Cn1cnc2ccccc2c1=O)N1CCN(Cc2cccc(Cl)c2)CC1. The van der Waals surface area contributed by atoms with E-state index in [0.29, 0.717) is 24.0 Å². The van der Waals surface area contributed by atoms with Crippen LogP contribution in [-0.2, 0) is 17.9 Å². The largest absolute Gasteiger partial charge is 0.339 e.